The largest absolute Gasteiger partial charge is 0.456 e. The van der Waals surface area contributed by atoms with E-state index in [1.165, 1.54) is 54.9 Å². The third-order valence-electron chi connectivity index (χ3n) is 27.1. The highest BCUT2D eigenvalue weighted by atomic mass is 16.3. The highest BCUT2D eigenvalue weighted by molar-refractivity contribution is 6.09. The number of furan rings is 4. The van der Waals surface area contributed by atoms with Gasteiger partial charge in [-0.1, -0.05) is 376 Å². The molecule has 4 unspecified atom stereocenters. The molecule has 0 saturated carbocycles. The number of aromatic nitrogens is 9. The summed E-state index contributed by atoms with van der Waals surface area (Å²) >= 11 is 0. The molecular weight excluding hydrogens is 1720 g/mol. The molecule has 28 rings (SSSR count). The van der Waals surface area contributed by atoms with E-state index in [1.54, 1.807) is 0 Å². The quantitative estimate of drug-likeness (QED) is 0.107. The van der Waals surface area contributed by atoms with Gasteiger partial charge < -0.3 is 17.7 Å². The minimum Gasteiger partial charge on any atom is -0.456 e. The number of hydrogen-bond acceptors (Lipinski definition) is 13. The van der Waals surface area contributed by atoms with Crippen LogP contribution < -0.4 is 0 Å². The molecule has 0 bridgehead atoms. The van der Waals surface area contributed by atoms with E-state index in [0.717, 1.165) is 149 Å². The van der Waals surface area contributed by atoms with Crippen molar-refractivity contribution in [1.29, 1.82) is 0 Å². The van der Waals surface area contributed by atoms with Crippen molar-refractivity contribution in [3.8, 4) is 125 Å². The molecule has 658 valence electrons. The van der Waals surface area contributed by atoms with Crippen molar-refractivity contribution in [2.24, 2.45) is 23.7 Å². The van der Waals surface area contributed by atoms with Crippen molar-refractivity contribution in [1.82, 2.24) is 44.9 Å². The molecule has 0 amide bonds. The third kappa shape index (κ3) is 15.8. The Kier molecular flexibility index (Phi) is 20.5. The number of para-hydroxylation sites is 4. The lowest BCUT2D eigenvalue weighted by Crippen LogP contribution is -2.11. The number of rotatable bonds is 13. The van der Waals surface area contributed by atoms with Gasteiger partial charge in [0.25, 0.3) is 0 Å². The van der Waals surface area contributed by atoms with E-state index >= 15 is 0 Å². The molecule has 4 aliphatic carbocycles. The summed E-state index contributed by atoms with van der Waals surface area (Å²) in [4.78, 5) is 45.0. The summed E-state index contributed by atoms with van der Waals surface area (Å²) in [6.45, 7) is 0. The summed E-state index contributed by atoms with van der Waals surface area (Å²) < 4.78 is 24.7. The molecule has 0 fully saturated rings. The van der Waals surface area contributed by atoms with E-state index in [2.05, 4.69) is 334 Å². The van der Waals surface area contributed by atoms with E-state index in [1.807, 2.05) is 133 Å². The van der Waals surface area contributed by atoms with Crippen LogP contribution in [0.1, 0.15) is 11.1 Å². The zero-order valence-electron chi connectivity index (χ0n) is 75.4. The van der Waals surface area contributed by atoms with Crippen molar-refractivity contribution >= 4 is 120 Å². The number of benzene rings is 17. The first-order chi connectivity index (χ1) is 69.2. The van der Waals surface area contributed by atoms with Crippen LogP contribution in [0.3, 0.4) is 0 Å². The molecule has 24 aromatic rings. The Morgan fingerprint density at radius 3 is 0.771 bits per heavy atom. The van der Waals surface area contributed by atoms with E-state index < -0.39 is 0 Å². The van der Waals surface area contributed by atoms with E-state index in [4.69, 9.17) is 62.5 Å². The lowest BCUT2D eigenvalue weighted by atomic mass is 9.81. The van der Waals surface area contributed by atoms with Crippen LogP contribution in [0.4, 0.5) is 0 Å². The average Bonchev–Trinajstić information content (AvgIpc) is 1.21. The molecular formula is C127H81N9O4. The predicted molar refractivity (Wildman–Crippen MR) is 568 cm³/mol. The zero-order chi connectivity index (χ0) is 92.5. The van der Waals surface area contributed by atoms with Crippen LogP contribution in [-0.4, -0.2) is 44.9 Å². The fourth-order valence-electron chi connectivity index (χ4n) is 19.7. The molecule has 17 aromatic carbocycles. The maximum Gasteiger partial charge on any atom is 0.164 e. The van der Waals surface area contributed by atoms with Gasteiger partial charge in [-0.05, 0) is 157 Å². The van der Waals surface area contributed by atoms with Gasteiger partial charge in [0.15, 0.2) is 52.4 Å². The minimum atomic E-state index is 0.386. The number of fused-ring (bicyclic) bond motifs is 16. The first-order valence-electron chi connectivity index (χ1n) is 47.2. The molecule has 13 nitrogen and oxygen atoms in total. The Bertz CT molecular complexity index is 9340. The van der Waals surface area contributed by atoms with E-state index in [-0.39, 0.29) is 0 Å². The van der Waals surface area contributed by atoms with Gasteiger partial charge in [-0.25, -0.2) is 44.9 Å². The van der Waals surface area contributed by atoms with Crippen LogP contribution in [0.25, 0.3) is 245 Å². The molecule has 7 heterocycles. The first-order valence-corrected chi connectivity index (χ1v) is 47.2. The topological polar surface area (TPSA) is 169 Å². The lowest BCUT2D eigenvalue weighted by molar-refractivity contribution is 0.663. The van der Waals surface area contributed by atoms with Crippen molar-refractivity contribution in [3.05, 3.63) is 478 Å². The predicted octanol–water partition coefficient (Wildman–Crippen LogP) is 32.5. The summed E-state index contributed by atoms with van der Waals surface area (Å²) in [6, 6.07) is 131. The molecule has 4 aliphatic rings. The van der Waals surface area contributed by atoms with Crippen molar-refractivity contribution in [2.75, 3.05) is 0 Å². The average molecular weight is 1800 g/mol. The summed E-state index contributed by atoms with van der Waals surface area (Å²) in [7, 11) is 0. The SMILES string of the molecule is C1=CC2C=CC(c3ccc(-c4nc(-c5ccc(-c6ccc7ccccc7c6)cc5)nc(-c5ccc6c(c5)oc5ccccc56)n4)cc3)=CC2C=C1.C1=CC2C=CC(c3ccc(-c4nc(-c5ccc6c(c5)oc5ccccc56)nc(-c5ccc6oc7ccccc7c6c5)n4)cc3)=CC2C=C1.c1ccc(-c2nc(-c3ccc(-c4ccc5ccccc5c4)cc3)nc(-c3ccc4c(c3)oc3ccccc34)n2)cc1. The molecule has 0 spiro atoms. The van der Waals surface area contributed by atoms with Crippen LogP contribution in [0.2, 0.25) is 0 Å². The maximum absolute atomic E-state index is 6.24. The summed E-state index contributed by atoms with van der Waals surface area (Å²) in [5.41, 5.74) is 24.3. The molecule has 0 N–H and O–H groups in total. The maximum atomic E-state index is 6.24. The normalized spacial score (nSPS) is 15.2. The molecule has 7 aromatic heterocycles. The Hall–Kier alpha value is -18.6. The van der Waals surface area contributed by atoms with Gasteiger partial charge in [-0.3, -0.25) is 0 Å². The number of nitrogens with zero attached hydrogens (tertiary/aromatic N) is 9. The summed E-state index contributed by atoms with van der Waals surface area (Å²) in [5, 5.41) is 13.5. The van der Waals surface area contributed by atoms with Gasteiger partial charge in [-0.2, -0.15) is 0 Å². The lowest BCUT2D eigenvalue weighted by Gasteiger charge is -2.23. The van der Waals surface area contributed by atoms with Crippen molar-refractivity contribution < 1.29 is 17.7 Å². The van der Waals surface area contributed by atoms with Gasteiger partial charge >= 0.3 is 0 Å². The number of hydrogen-bond donors (Lipinski definition) is 0. The molecule has 13 heteroatoms. The van der Waals surface area contributed by atoms with Gasteiger partial charge in [0, 0.05) is 117 Å². The Morgan fingerprint density at radius 2 is 0.400 bits per heavy atom. The van der Waals surface area contributed by atoms with Crippen LogP contribution in [0.5, 0.6) is 0 Å². The molecule has 0 radical (unpaired) electrons. The standard InChI is InChI=1S/C47H31N3O.C43H27N3O2.C37H23N3O/c1-3-9-36-27-38(23-17-30(36)7-1)32-13-19-34(20-14-32)45-48-46(35-21-15-33(16-22-35)39-24-18-31-8-2-4-10-37(31)28-39)50-47(49-45)40-25-26-42-41-11-5-6-12-43(41)51-44(42)29-40;1-2-8-29-23-30(18-15-26(29)7-1)27-13-16-28(17-14-27)41-44-42(31-20-22-39-36(24-31)34-10-4-6-12-38(34)47-39)46-43(45-41)32-19-21-35-33-9-3-5-11-37(33)48-40(35)25-32;1-2-9-26(10-3-1)35-38-36(27-17-14-25(15-18-27)29-19-16-24-8-4-5-11-28(24)22-29)40-37(39-35)30-20-21-32-31-12-6-7-13-33(31)41-34(32)23-30/h1-30,36H;1-26,29H;1-23H. The highest BCUT2D eigenvalue weighted by Crippen LogP contribution is 2.43. The van der Waals surface area contributed by atoms with Gasteiger partial charge in [0.2, 0.25) is 0 Å². The fraction of sp³-hybridized carbons (Fsp3) is 0.0315. The van der Waals surface area contributed by atoms with Crippen LogP contribution in [0, 0.1) is 23.7 Å². The monoisotopic (exact) mass is 1800 g/mol. The summed E-state index contributed by atoms with van der Waals surface area (Å²) in [5.74, 6) is 7.13. The molecule has 4 atom stereocenters. The fourth-order valence-corrected chi connectivity index (χ4v) is 19.7. The summed E-state index contributed by atoms with van der Waals surface area (Å²) in [6.07, 6.45) is 31.3. The van der Waals surface area contributed by atoms with Gasteiger partial charge in [0.05, 0.1) is 0 Å². The zero-order valence-corrected chi connectivity index (χ0v) is 75.4. The van der Waals surface area contributed by atoms with Crippen molar-refractivity contribution in [2.45, 2.75) is 0 Å². The Balaban J connectivity index is 0.000000109. The smallest absolute Gasteiger partial charge is 0.164 e. The molecule has 0 saturated heterocycles. The second-order valence-corrected chi connectivity index (χ2v) is 35.8. The second kappa shape index (κ2) is 35.0. The van der Waals surface area contributed by atoms with Gasteiger partial charge in [-0.15, -0.1) is 0 Å². The highest BCUT2D eigenvalue weighted by Gasteiger charge is 2.25. The van der Waals surface area contributed by atoms with Crippen LogP contribution in [-0.2, 0) is 0 Å². The number of allylic oxidation sites excluding steroid dienone is 16. The van der Waals surface area contributed by atoms with E-state index in [9.17, 15) is 0 Å². The Morgan fingerprint density at radius 1 is 0.150 bits per heavy atom. The second-order valence-electron chi connectivity index (χ2n) is 35.8. The van der Waals surface area contributed by atoms with E-state index in [0.29, 0.717) is 76.1 Å². The van der Waals surface area contributed by atoms with Crippen LogP contribution >= 0.6 is 0 Å². The van der Waals surface area contributed by atoms with Gasteiger partial charge in [0.1, 0.15) is 44.7 Å². The third-order valence-corrected chi connectivity index (χ3v) is 27.1. The minimum absolute atomic E-state index is 0.386. The van der Waals surface area contributed by atoms with Crippen LogP contribution in [0.15, 0.2) is 485 Å². The molecule has 0 aliphatic heterocycles. The molecule has 140 heavy (non-hydrogen) atoms. The Labute approximate surface area is 804 Å². The first kappa shape index (κ1) is 82.1. The van der Waals surface area contributed by atoms with Crippen molar-refractivity contribution in [3.63, 3.8) is 0 Å².